The number of nitrogens with one attached hydrogen (secondary N) is 1. The zero-order valence-electron chi connectivity index (χ0n) is 10.7. The third-order valence-corrected chi connectivity index (χ3v) is 4.32. The van der Waals surface area contributed by atoms with Crippen LogP contribution in [-0.2, 0) is 0 Å². The van der Waals surface area contributed by atoms with Crippen LogP contribution in [0.3, 0.4) is 0 Å². The first-order chi connectivity index (χ1) is 8.23. The number of halogens is 1. The van der Waals surface area contributed by atoms with Gasteiger partial charge in [-0.05, 0) is 37.8 Å². The zero-order valence-corrected chi connectivity index (χ0v) is 10.7. The Labute approximate surface area is 103 Å². The van der Waals surface area contributed by atoms with Gasteiger partial charge in [-0.1, -0.05) is 19.8 Å². The summed E-state index contributed by atoms with van der Waals surface area (Å²) >= 11 is 0. The molecule has 1 aliphatic rings. The van der Waals surface area contributed by atoms with Crippen molar-refractivity contribution in [3.05, 3.63) is 29.8 Å². The van der Waals surface area contributed by atoms with E-state index in [0.717, 1.165) is 12.0 Å². The third kappa shape index (κ3) is 2.21. The molecule has 0 aliphatic heterocycles. The fourth-order valence-electron chi connectivity index (χ4n) is 3.34. The molecule has 1 unspecified atom stereocenters. The van der Waals surface area contributed by atoms with Gasteiger partial charge in [-0.2, -0.15) is 0 Å². The Hall–Kier alpha value is -0.960. The molecule has 0 amide bonds. The molecule has 1 saturated carbocycles. The quantitative estimate of drug-likeness (QED) is 0.866. The van der Waals surface area contributed by atoms with Gasteiger partial charge in [-0.25, -0.2) is 4.39 Å². The summed E-state index contributed by atoms with van der Waals surface area (Å²) in [6.45, 7) is 2.22. The van der Waals surface area contributed by atoms with Gasteiger partial charge in [0, 0.05) is 17.8 Å². The van der Waals surface area contributed by atoms with Gasteiger partial charge in [0.15, 0.2) is 0 Å². The Morgan fingerprint density at radius 2 is 2.18 bits per heavy atom. The molecule has 94 valence electrons. The minimum atomic E-state index is -0.188. The van der Waals surface area contributed by atoms with Crippen LogP contribution in [0.25, 0.3) is 0 Å². The van der Waals surface area contributed by atoms with Gasteiger partial charge >= 0.3 is 0 Å². The van der Waals surface area contributed by atoms with E-state index in [2.05, 4.69) is 17.2 Å². The summed E-state index contributed by atoms with van der Waals surface area (Å²) in [7, 11) is 1.93. The van der Waals surface area contributed by atoms with E-state index in [0.29, 0.717) is 0 Å². The molecule has 1 fully saturated rings. The molecule has 1 aromatic heterocycles. The van der Waals surface area contributed by atoms with Gasteiger partial charge in [0.2, 0.25) is 0 Å². The lowest BCUT2D eigenvalue weighted by Gasteiger charge is -2.37. The first-order valence-electron chi connectivity index (χ1n) is 6.50. The standard InChI is InChI=1S/C14H21FN2/c1-3-14(7-4-5-8-14)13(16-2)11-6-9-17-10-12(11)15/h6,9-10,13,16H,3-5,7-8H2,1-2H3. The van der Waals surface area contributed by atoms with E-state index in [4.69, 9.17) is 0 Å². The van der Waals surface area contributed by atoms with Crippen molar-refractivity contribution in [2.75, 3.05) is 7.05 Å². The lowest BCUT2D eigenvalue weighted by atomic mass is 9.73. The Balaban J connectivity index is 2.36. The predicted molar refractivity (Wildman–Crippen MR) is 67.2 cm³/mol. The summed E-state index contributed by atoms with van der Waals surface area (Å²) in [6.07, 6.45) is 9.00. The highest BCUT2D eigenvalue weighted by Crippen LogP contribution is 2.50. The molecule has 1 N–H and O–H groups in total. The van der Waals surface area contributed by atoms with Crippen LogP contribution in [0, 0.1) is 11.2 Å². The molecule has 0 spiro atoms. The first kappa shape index (κ1) is 12.5. The molecule has 2 rings (SSSR count). The van der Waals surface area contributed by atoms with Gasteiger partial charge < -0.3 is 5.32 Å². The maximum absolute atomic E-state index is 13.9. The first-order valence-corrected chi connectivity index (χ1v) is 6.50. The molecule has 3 heteroatoms. The van der Waals surface area contributed by atoms with Crippen LogP contribution in [0.2, 0.25) is 0 Å². The van der Waals surface area contributed by atoms with E-state index >= 15 is 0 Å². The molecule has 0 aromatic carbocycles. The predicted octanol–water partition coefficient (Wildman–Crippen LogP) is 3.45. The van der Waals surface area contributed by atoms with E-state index in [1.165, 1.54) is 31.9 Å². The average molecular weight is 236 g/mol. The van der Waals surface area contributed by atoms with Gasteiger partial charge in [0.05, 0.1) is 6.20 Å². The van der Waals surface area contributed by atoms with Crippen LogP contribution in [0.4, 0.5) is 4.39 Å². The molecular formula is C14H21FN2. The smallest absolute Gasteiger partial charge is 0.146 e. The maximum atomic E-state index is 13.9. The van der Waals surface area contributed by atoms with Crippen molar-refractivity contribution in [1.29, 1.82) is 0 Å². The molecule has 1 aliphatic carbocycles. The lowest BCUT2D eigenvalue weighted by molar-refractivity contribution is 0.191. The zero-order chi connectivity index (χ0) is 12.3. The van der Waals surface area contributed by atoms with Crippen molar-refractivity contribution in [1.82, 2.24) is 10.3 Å². The maximum Gasteiger partial charge on any atom is 0.146 e. The molecule has 0 saturated heterocycles. The van der Waals surface area contributed by atoms with E-state index in [-0.39, 0.29) is 17.3 Å². The Kier molecular flexibility index (Phi) is 3.77. The molecule has 1 atom stereocenters. The van der Waals surface area contributed by atoms with Crippen LogP contribution in [0.15, 0.2) is 18.5 Å². The molecule has 17 heavy (non-hydrogen) atoms. The average Bonchev–Trinajstić information content (AvgIpc) is 2.82. The summed E-state index contributed by atoms with van der Waals surface area (Å²) in [5, 5.41) is 3.33. The largest absolute Gasteiger partial charge is 0.312 e. The van der Waals surface area contributed by atoms with Crippen LogP contribution in [0.5, 0.6) is 0 Å². The van der Waals surface area contributed by atoms with Crippen LogP contribution in [0.1, 0.15) is 50.6 Å². The van der Waals surface area contributed by atoms with Crippen molar-refractivity contribution in [2.24, 2.45) is 5.41 Å². The van der Waals surface area contributed by atoms with E-state index in [9.17, 15) is 4.39 Å². The normalized spacial score (nSPS) is 20.4. The molecule has 0 radical (unpaired) electrons. The van der Waals surface area contributed by atoms with Gasteiger partial charge in [0.25, 0.3) is 0 Å². The van der Waals surface area contributed by atoms with Gasteiger partial charge in [0.1, 0.15) is 5.82 Å². The van der Waals surface area contributed by atoms with E-state index < -0.39 is 0 Å². The summed E-state index contributed by atoms with van der Waals surface area (Å²) in [5.41, 5.74) is 0.989. The minimum Gasteiger partial charge on any atom is -0.312 e. The number of pyridine rings is 1. The Morgan fingerprint density at radius 3 is 2.71 bits per heavy atom. The number of hydrogen-bond acceptors (Lipinski definition) is 2. The number of aromatic nitrogens is 1. The monoisotopic (exact) mass is 236 g/mol. The lowest BCUT2D eigenvalue weighted by Crippen LogP contribution is -2.34. The summed E-state index contributed by atoms with van der Waals surface area (Å²) < 4.78 is 13.9. The van der Waals surface area contributed by atoms with Crippen LogP contribution >= 0.6 is 0 Å². The van der Waals surface area contributed by atoms with Gasteiger partial charge in [-0.15, -0.1) is 0 Å². The molecule has 1 heterocycles. The SMILES string of the molecule is CCC1(C(NC)c2ccncc2F)CCCC1. The van der Waals surface area contributed by atoms with Crippen LogP contribution < -0.4 is 5.32 Å². The highest BCUT2D eigenvalue weighted by atomic mass is 19.1. The molecule has 2 nitrogen and oxygen atoms in total. The van der Waals surface area contributed by atoms with Crippen molar-refractivity contribution < 1.29 is 4.39 Å². The van der Waals surface area contributed by atoms with Crippen molar-refractivity contribution >= 4 is 0 Å². The molecule has 1 aromatic rings. The summed E-state index contributed by atoms with van der Waals surface area (Å²) in [5.74, 6) is -0.188. The Morgan fingerprint density at radius 1 is 1.47 bits per heavy atom. The fraction of sp³-hybridized carbons (Fsp3) is 0.643. The molecular weight excluding hydrogens is 215 g/mol. The number of rotatable bonds is 4. The Bertz CT molecular complexity index is 372. The summed E-state index contributed by atoms with van der Waals surface area (Å²) in [6, 6.07) is 1.92. The van der Waals surface area contributed by atoms with E-state index in [1.807, 2.05) is 13.1 Å². The number of nitrogens with zero attached hydrogens (tertiary/aromatic N) is 1. The molecule has 0 bridgehead atoms. The van der Waals surface area contributed by atoms with Gasteiger partial charge in [-0.3, -0.25) is 4.98 Å². The summed E-state index contributed by atoms with van der Waals surface area (Å²) in [4.78, 5) is 3.83. The minimum absolute atomic E-state index is 0.109. The second-order valence-electron chi connectivity index (χ2n) is 5.04. The second-order valence-corrected chi connectivity index (χ2v) is 5.04. The van der Waals surface area contributed by atoms with Crippen LogP contribution in [-0.4, -0.2) is 12.0 Å². The fourth-order valence-corrected chi connectivity index (χ4v) is 3.34. The highest BCUT2D eigenvalue weighted by molar-refractivity contribution is 5.21. The van der Waals surface area contributed by atoms with E-state index in [1.54, 1.807) is 6.20 Å². The van der Waals surface area contributed by atoms with Crippen molar-refractivity contribution in [2.45, 2.75) is 45.1 Å². The topological polar surface area (TPSA) is 24.9 Å². The van der Waals surface area contributed by atoms with Crippen molar-refractivity contribution in [3.8, 4) is 0 Å². The highest BCUT2D eigenvalue weighted by Gasteiger charge is 2.40. The third-order valence-electron chi connectivity index (χ3n) is 4.32. The number of hydrogen-bond donors (Lipinski definition) is 1. The second kappa shape index (κ2) is 5.13. The van der Waals surface area contributed by atoms with Crippen molar-refractivity contribution in [3.63, 3.8) is 0 Å².